The third-order valence-corrected chi connectivity index (χ3v) is 1.79. The van der Waals surface area contributed by atoms with Gasteiger partial charge in [-0.15, -0.1) is 0 Å². The maximum atomic E-state index is 5.65. The summed E-state index contributed by atoms with van der Waals surface area (Å²) in [6.07, 6.45) is 2.48. The molecule has 0 aromatic carbocycles. The highest BCUT2D eigenvalue weighted by molar-refractivity contribution is 4.89. The number of hydrogen-bond acceptors (Lipinski definition) is 2. The molecule has 48 valence electrons. The van der Waals surface area contributed by atoms with Gasteiger partial charge in [-0.05, 0) is 19.4 Å². The average Bonchev–Trinajstić information content (AvgIpc) is 1.79. The summed E-state index contributed by atoms with van der Waals surface area (Å²) in [5.41, 5.74) is 5.65. The summed E-state index contributed by atoms with van der Waals surface area (Å²) in [4.78, 5) is 0. The fraction of sp³-hybridized carbons (Fsp3) is 1.00. The van der Waals surface area contributed by atoms with Gasteiger partial charge < -0.3 is 11.1 Å². The van der Waals surface area contributed by atoms with Gasteiger partial charge in [0.2, 0.25) is 0 Å². The van der Waals surface area contributed by atoms with Gasteiger partial charge in [0.25, 0.3) is 0 Å². The summed E-state index contributed by atoms with van der Waals surface area (Å²) in [6.45, 7) is 3.17. The van der Waals surface area contributed by atoms with E-state index in [4.69, 9.17) is 5.73 Å². The van der Waals surface area contributed by atoms with Crippen molar-refractivity contribution in [3.8, 4) is 0 Å². The minimum Gasteiger partial charge on any atom is -0.326 e. The van der Waals surface area contributed by atoms with Gasteiger partial charge in [0.15, 0.2) is 0 Å². The van der Waals surface area contributed by atoms with Gasteiger partial charge in [-0.25, -0.2) is 0 Å². The van der Waals surface area contributed by atoms with E-state index in [1.165, 1.54) is 12.8 Å². The Bertz CT molecular complexity index is 72.9. The largest absolute Gasteiger partial charge is 0.326 e. The lowest BCUT2D eigenvalue weighted by Gasteiger charge is -2.33. The van der Waals surface area contributed by atoms with E-state index >= 15 is 0 Å². The predicted molar refractivity (Wildman–Crippen MR) is 34.7 cm³/mol. The van der Waals surface area contributed by atoms with Crippen LogP contribution in [0.15, 0.2) is 0 Å². The molecule has 2 atom stereocenters. The molecule has 0 heterocycles. The van der Waals surface area contributed by atoms with Crippen LogP contribution in [0.25, 0.3) is 0 Å². The van der Waals surface area contributed by atoms with Crippen molar-refractivity contribution >= 4 is 0 Å². The van der Waals surface area contributed by atoms with Crippen molar-refractivity contribution in [2.24, 2.45) is 5.73 Å². The summed E-state index contributed by atoms with van der Waals surface area (Å²) in [5, 5.41) is 3.31. The van der Waals surface area contributed by atoms with E-state index in [1.807, 2.05) is 0 Å². The van der Waals surface area contributed by atoms with Crippen LogP contribution in [0.5, 0.6) is 0 Å². The lowest BCUT2D eigenvalue weighted by molar-refractivity contribution is 0.290. The average molecular weight is 114 g/mol. The van der Waals surface area contributed by atoms with Crippen molar-refractivity contribution in [2.45, 2.75) is 31.8 Å². The van der Waals surface area contributed by atoms with E-state index in [9.17, 15) is 0 Å². The molecule has 0 aliphatic heterocycles. The molecule has 2 heteroatoms. The van der Waals surface area contributed by atoms with E-state index in [2.05, 4.69) is 12.2 Å². The number of nitrogens with two attached hydrogens (primary N) is 1. The third-order valence-electron chi connectivity index (χ3n) is 1.79. The summed E-state index contributed by atoms with van der Waals surface area (Å²) < 4.78 is 0. The lowest BCUT2D eigenvalue weighted by Crippen LogP contribution is -2.52. The van der Waals surface area contributed by atoms with Crippen molar-refractivity contribution < 1.29 is 0 Å². The molecule has 0 aromatic heterocycles. The zero-order chi connectivity index (χ0) is 5.98. The molecule has 0 aromatic rings. The molecule has 0 bridgehead atoms. The summed E-state index contributed by atoms with van der Waals surface area (Å²) >= 11 is 0. The normalized spacial score (nSPS) is 36.8. The van der Waals surface area contributed by atoms with Crippen LogP contribution in [0.4, 0.5) is 0 Å². The van der Waals surface area contributed by atoms with Crippen LogP contribution in [0, 0.1) is 0 Å². The molecule has 1 aliphatic carbocycles. The maximum absolute atomic E-state index is 5.65. The van der Waals surface area contributed by atoms with Crippen LogP contribution in [0.1, 0.15) is 19.8 Å². The standard InChI is InChI=1S/C6H14N2/c1-2-8-6-4-3-5(6)7/h5-6,8H,2-4,7H2,1H3. The molecule has 1 fully saturated rings. The number of rotatable bonds is 2. The van der Waals surface area contributed by atoms with Gasteiger partial charge in [-0.2, -0.15) is 0 Å². The molecule has 1 rings (SSSR count). The molecule has 0 spiro atoms. The molecule has 3 N–H and O–H groups in total. The highest BCUT2D eigenvalue weighted by Crippen LogP contribution is 2.16. The van der Waals surface area contributed by atoms with Crippen LogP contribution in [0.3, 0.4) is 0 Å². The van der Waals surface area contributed by atoms with Crippen LogP contribution < -0.4 is 11.1 Å². The second kappa shape index (κ2) is 2.46. The lowest BCUT2D eigenvalue weighted by atomic mass is 9.87. The molecular weight excluding hydrogens is 100 g/mol. The van der Waals surface area contributed by atoms with Gasteiger partial charge in [0.05, 0.1) is 0 Å². The topological polar surface area (TPSA) is 38.0 Å². The van der Waals surface area contributed by atoms with Crippen LogP contribution in [-0.2, 0) is 0 Å². The first-order valence-electron chi connectivity index (χ1n) is 3.33. The predicted octanol–water partition coefficient (Wildman–Crippen LogP) is 0.0856. The number of nitrogens with one attached hydrogen (secondary N) is 1. The Labute approximate surface area is 50.4 Å². The van der Waals surface area contributed by atoms with Crippen molar-refractivity contribution in [1.82, 2.24) is 5.32 Å². The SMILES string of the molecule is CCNC1CCC1N. The first-order chi connectivity index (χ1) is 3.84. The summed E-state index contributed by atoms with van der Waals surface area (Å²) in [6, 6.07) is 1.06. The molecule has 8 heavy (non-hydrogen) atoms. The van der Waals surface area contributed by atoms with Crippen molar-refractivity contribution in [2.75, 3.05) is 6.54 Å². The minimum absolute atomic E-state index is 0.440. The summed E-state index contributed by atoms with van der Waals surface area (Å²) in [7, 11) is 0. The quantitative estimate of drug-likeness (QED) is 0.533. The van der Waals surface area contributed by atoms with Gasteiger partial charge in [-0.3, -0.25) is 0 Å². The van der Waals surface area contributed by atoms with E-state index in [0.29, 0.717) is 12.1 Å². The molecule has 0 radical (unpaired) electrons. The zero-order valence-electron chi connectivity index (χ0n) is 5.35. The smallest absolute Gasteiger partial charge is 0.0219 e. The first-order valence-corrected chi connectivity index (χ1v) is 3.33. The molecule has 1 aliphatic rings. The third kappa shape index (κ3) is 1.01. The Kier molecular flexibility index (Phi) is 1.86. The Hall–Kier alpha value is -0.0800. The van der Waals surface area contributed by atoms with Gasteiger partial charge in [0, 0.05) is 12.1 Å². The zero-order valence-corrected chi connectivity index (χ0v) is 5.35. The van der Waals surface area contributed by atoms with Crippen molar-refractivity contribution in [3.05, 3.63) is 0 Å². The summed E-state index contributed by atoms with van der Waals surface area (Å²) in [5.74, 6) is 0. The van der Waals surface area contributed by atoms with E-state index in [1.54, 1.807) is 0 Å². The van der Waals surface area contributed by atoms with Gasteiger partial charge in [-0.1, -0.05) is 6.92 Å². The fourth-order valence-corrected chi connectivity index (χ4v) is 1.04. The molecule has 0 amide bonds. The second-order valence-electron chi connectivity index (χ2n) is 2.41. The van der Waals surface area contributed by atoms with Gasteiger partial charge >= 0.3 is 0 Å². The monoisotopic (exact) mass is 114 g/mol. The molecule has 0 saturated heterocycles. The Morgan fingerprint density at radius 2 is 2.38 bits per heavy atom. The number of likely N-dealkylation sites (N-methyl/N-ethyl adjacent to an activating group) is 1. The van der Waals surface area contributed by atoms with E-state index in [-0.39, 0.29) is 0 Å². The van der Waals surface area contributed by atoms with Crippen LogP contribution in [-0.4, -0.2) is 18.6 Å². The molecular formula is C6H14N2. The second-order valence-corrected chi connectivity index (χ2v) is 2.41. The fourth-order valence-electron chi connectivity index (χ4n) is 1.04. The highest BCUT2D eigenvalue weighted by Gasteiger charge is 2.25. The molecule has 2 unspecified atom stereocenters. The maximum Gasteiger partial charge on any atom is 0.0219 e. The van der Waals surface area contributed by atoms with Gasteiger partial charge in [0.1, 0.15) is 0 Å². The van der Waals surface area contributed by atoms with Crippen LogP contribution in [0.2, 0.25) is 0 Å². The van der Waals surface area contributed by atoms with Crippen LogP contribution >= 0.6 is 0 Å². The Morgan fingerprint density at radius 3 is 2.50 bits per heavy atom. The van der Waals surface area contributed by atoms with Crippen molar-refractivity contribution in [1.29, 1.82) is 0 Å². The van der Waals surface area contributed by atoms with Crippen molar-refractivity contribution in [3.63, 3.8) is 0 Å². The van der Waals surface area contributed by atoms with E-state index < -0.39 is 0 Å². The minimum atomic E-state index is 0.440. The molecule has 1 saturated carbocycles. The highest BCUT2D eigenvalue weighted by atomic mass is 15.0. The van der Waals surface area contributed by atoms with E-state index in [0.717, 1.165) is 6.54 Å². The number of hydrogen-bond donors (Lipinski definition) is 2. The molecule has 2 nitrogen and oxygen atoms in total. The first kappa shape index (κ1) is 6.05. The Balaban J connectivity index is 2.08. The Morgan fingerprint density at radius 1 is 1.62 bits per heavy atom.